The predicted octanol–water partition coefficient (Wildman–Crippen LogP) is 5.06. The molecule has 23 heavy (non-hydrogen) atoms. The highest BCUT2D eigenvalue weighted by molar-refractivity contribution is 9.10. The lowest BCUT2D eigenvalue weighted by molar-refractivity contribution is -0.274. The van der Waals surface area contributed by atoms with E-state index < -0.39 is 6.36 Å². The maximum atomic E-state index is 12.1. The molecule has 1 heterocycles. The van der Waals surface area contributed by atoms with E-state index in [2.05, 4.69) is 30.8 Å². The van der Waals surface area contributed by atoms with E-state index in [4.69, 9.17) is 4.52 Å². The van der Waals surface area contributed by atoms with Crippen molar-refractivity contribution in [1.82, 2.24) is 10.1 Å². The predicted molar refractivity (Wildman–Crippen MR) is 79.6 cm³/mol. The Hall–Kier alpha value is -2.35. The Morgan fingerprint density at radius 1 is 0.913 bits per heavy atom. The van der Waals surface area contributed by atoms with Crippen LogP contribution in [0.5, 0.6) is 5.75 Å². The average molecular weight is 385 g/mol. The molecule has 0 amide bonds. The van der Waals surface area contributed by atoms with Crippen molar-refractivity contribution < 1.29 is 22.4 Å². The third-order valence-corrected chi connectivity index (χ3v) is 3.39. The van der Waals surface area contributed by atoms with Crippen LogP contribution in [0.3, 0.4) is 0 Å². The smallest absolute Gasteiger partial charge is 0.406 e. The first-order valence-electron chi connectivity index (χ1n) is 6.36. The summed E-state index contributed by atoms with van der Waals surface area (Å²) in [4.78, 5) is 4.23. The third kappa shape index (κ3) is 3.89. The number of ether oxygens (including phenoxy) is 1. The normalized spacial score (nSPS) is 11.5. The number of halogens is 4. The SMILES string of the molecule is FC(F)(F)Oc1ccc(-c2nc(-c3ccc(Br)cc3)no2)cc1. The van der Waals surface area contributed by atoms with Crippen molar-refractivity contribution in [1.29, 1.82) is 0 Å². The molecule has 0 aliphatic rings. The fourth-order valence-electron chi connectivity index (χ4n) is 1.86. The van der Waals surface area contributed by atoms with Crippen LogP contribution in [0.1, 0.15) is 0 Å². The first kappa shape index (κ1) is 15.5. The summed E-state index contributed by atoms with van der Waals surface area (Å²) < 4.78 is 46.2. The lowest BCUT2D eigenvalue weighted by Gasteiger charge is -2.08. The Bertz CT molecular complexity index is 799. The maximum Gasteiger partial charge on any atom is 0.573 e. The van der Waals surface area contributed by atoms with Crippen molar-refractivity contribution in [2.45, 2.75) is 6.36 Å². The summed E-state index contributed by atoms with van der Waals surface area (Å²) in [5.74, 6) is 0.290. The quantitative estimate of drug-likeness (QED) is 0.632. The number of hydrogen-bond donors (Lipinski definition) is 0. The summed E-state index contributed by atoms with van der Waals surface area (Å²) in [6.45, 7) is 0. The highest BCUT2D eigenvalue weighted by Gasteiger charge is 2.31. The van der Waals surface area contributed by atoms with Gasteiger partial charge in [-0.25, -0.2) is 0 Å². The summed E-state index contributed by atoms with van der Waals surface area (Å²) in [5.41, 5.74) is 1.26. The maximum absolute atomic E-state index is 12.1. The van der Waals surface area contributed by atoms with Gasteiger partial charge in [0, 0.05) is 15.6 Å². The molecule has 0 radical (unpaired) electrons. The third-order valence-electron chi connectivity index (χ3n) is 2.86. The molecule has 0 fully saturated rings. The molecule has 3 rings (SSSR count). The fourth-order valence-corrected chi connectivity index (χ4v) is 2.12. The molecular weight excluding hydrogens is 377 g/mol. The van der Waals surface area contributed by atoms with E-state index in [-0.39, 0.29) is 11.6 Å². The monoisotopic (exact) mass is 384 g/mol. The topological polar surface area (TPSA) is 48.2 Å². The van der Waals surface area contributed by atoms with Crippen LogP contribution in [-0.2, 0) is 0 Å². The van der Waals surface area contributed by atoms with Crippen molar-refractivity contribution in [3.8, 4) is 28.6 Å². The molecule has 0 aliphatic heterocycles. The second kappa shape index (κ2) is 6.04. The van der Waals surface area contributed by atoms with Gasteiger partial charge in [0.05, 0.1) is 0 Å². The van der Waals surface area contributed by atoms with Gasteiger partial charge in [-0.15, -0.1) is 13.2 Å². The molecule has 0 bridgehead atoms. The summed E-state index contributed by atoms with van der Waals surface area (Å²) in [6.07, 6.45) is -4.72. The van der Waals surface area contributed by atoms with Crippen LogP contribution in [0.2, 0.25) is 0 Å². The van der Waals surface area contributed by atoms with E-state index in [9.17, 15) is 13.2 Å². The molecule has 0 saturated carbocycles. The lowest BCUT2D eigenvalue weighted by Crippen LogP contribution is -2.16. The largest absolute Gasteiger partial charge is 0.573 e. The van der Waals surface area contributed by atoms with Gasteiger partial charge >= 0.3 is 6.36 Å². The average Bonchev–Trinajstić information content (AvgIpc) is 2.97. The Balaban J connectivity index is 1.81. The van der Waals surface area contributed by atoms with Crippen molar-refractivity contribution in [3.05, 3.63) is 53.0 Å². The molecule has 0 saturated heterocycles. The molecular formula is C15H8BrF3N2O2. The van der Waals surface area contributed by atoms with Gasteiger partial charge in [-0.3, -0.25) is 0 Å². The van der Waals surface area contributed by atoms with E-state index in [0.717, 1.165) is 10.0 Å². The molecule has 1 aromatic heterocycles. The molecule has 0 spiro atoms. The van der Waals surface area contributed by atoms with Gasteiger partial charge in [0.25, 0.3) is 5.89 Å². The molecule has 0 N–H and O–H groups in total. The molecule has 0 aliphatic carbocycles. The summed E-state index contributed by atoms with van der Waals surface area (Å²) >= 11 is 3.33. The second-order valence-corrected chi connectivity index (χ2v) is 5.42. The number of nitrogens with zero attached hydrogens (tertiary/aromatic N) is 2. The van der Waals surface area contributed by atoms with Crippen LogP contribution in [0.15, 0.2) is 57.5 Å². The first-order valence-corrected chi connectivity index (χ1v) is 7.16. The number of aromatic nitrogens is 2. The number of rotatable bonds is 3. The van der Waals surface area contributed by atoms with Gasteiger partial charge in [-0.1, -0.05) is 21.1 Å². The van der Waals surface area contributed by atoms with Crippen LogP contribution in [-0.4, -0.2) is 16.5 Å². The summed E-state index contributed by atoms with van der Waals surface area (Å²) in [6, 6.07) is 12.5. The molecule has 2 aromatic carbocycles. The van der Waals surface area contributed by atoms with Gasteiger partial charge in [-0.05, 0) is 48.5 Å². The van der Waals surface area contributed by atoms with Gasteiger partial charge in [-0.2, -0.15) is 4.98 Å². The zero-order valence-electron chi connectivity index (χ0n) is 11.3. The van der Waals surface area contributed by atoms with Crippen LogP contribution >= 0.6 is 15.9 Å². The zero-order valence-corrected chi connectivity index (χ0v) is 12.9. The van der Waals surface area contributed by atoms with Crippen LogP contribution in [0.25, 0.3) is 22.8 Å². The van der Waals surface area contributed by atoms with E-state index in [1.54, 1.807) is 0 Å². The van der Waals surface area contributed by atoms with E-state index in [1.807, 2.05) is 24.3 Å². The Morgan fingerprint density at radius 3 is 2.13 bits per heavy atom. The Labute approximate surface area is 137 Å². The van der Waals surface area contributed by atoms with Crippen molar-refractivity contribution in [2.24, 2.45) is 0 Å². The minimum absolute atomic E-state index is 0.210. The minimum Gasteiger partial charge on any atom is -0.406 e. The van der Waals surface area contributed by atoms with Crippen LogP contribution < -0.4 is 4.74 Å². The molecule has 4 nitrogen and oxygen atoms in total. The number of alkyl halides is 3. The van der Waals surface area contributed by atoms with Gasteiger partial charge in [0.15, 0.2) is 0 Å². The first-order chi connectivity index (χ1) is 10.9. The molecule has 0 atom stereocenters. The van der Waals surface area contributed by atoms with Crippen molar-refractivity contribution in [2.75, 3.05) is 0 Å². The van der Waals surface area contributed by atoms with Crippen molar-refractivity contribution in [3.63, 3.8) is 0 Å². The fraction of sp³-hybridized carbons (Fsp3) is 0.0667. The summed E-state index contributed by atoms with van der Waals surface area (Å²) in [7, 11) is 0. The van der Waals surface area contributed by atoms with Gasteiger partial charge < -0.3 is 9.26 Å². The van der Waals surface area contributed by atoms with Crippen LogP contribution in [0, 0.1) is 0 Å². The van der Waals surface area contributed by atoms with Gasteiger partial charge in [0.1, 0.15) is 5.75 Å². The summed E-state index contributed by atoms with van der Waals surface area (Å²) in [5, 5.41) is 3.86. The lowest BCUT2D eigenvalue weighted by atomic mass is 10.2. The van der Waals surface area contributed by atoms with Crippen molar-refractivity contribution >= 4 is 15.9 Å². The molecule has 8 heteroatoms. The van der Waals surface area contributed by atoms with E-state index >= 15 is 0 Å². The molecule has 0 unspecified atom stereocenters. The van der Waals surface area contributed by atoms with Crippen LogP contribution in [0.4, 0.5) is 13.2 Å². The van der Waals surface area contributed by atoms with E-state index in [0.29, 0.717) is 11.4 Å². The number of hydrogen-bond acceptors (Lipinski definition) is 4. The highest BCUT2D eigenvalue weighted by atomic mass is 79.9. The van der Waals surface area contributed by atoms with Gasteiger partial charge in [0.2, 0.25) is 5.82 Å². The molecule has 118 valence electrons. The Kier molecular flexibility index (Phi) is 4.08. The second-order valence-electron chi connectivity index (χ2n) is 4.50. The molecule has 3 aromatic rings. The minimum atomic E-state index is -4.72. The Morgan fingerprint density at radius 2 is 1.52 bits per heavy atom. The zero-order chi connectivity index (χ0) is 16.4. The van der Waals surface area contributed by atoms with E-state index in [1.165, 1.54) is 24.3 Å². The number of benzene rings is 2. The standard InChI is InChI=1S/C15H8BrF3N2O2/c16-11-5-1-9(2-6-11)13-20-14(23-21-13)10-3-7-12(8-4-10)22-15(17,18)19/h1-8H. The highest BCUT2D eigenvalue weighted by Crippen LogP contribution is 2.27.